The lowest BCUT2D eigenvalue weighted by Crippen LogP contribution is -2.51. The first kappa shape index (κ1) is 15.5. The van der Waals surface area contributed by atoms with Crippen LogP contribution in [0.4, 0.5) is 0 Å². The van der Waals surface area contributed by atoms with Crippen molar-refractivity contribution in [2.45, 2.75) is 49.5 Å². The van der Waals surface area contributed by atoms with Gasteiger partial charge in [-0.05, 0) is 18.6 Å². The zero-order valence-electron chi connectivity index (χ0n) is 10.7. The van der Waals surface area contributed by atoms with Crippen molar-refractivity contribution in [2.75, 3.05) is 19.0 Å². The fourth-order valence-corrected chi connectivity index (χ4v) is 2.93. The van der Waals surface area contributed by atoms with Gasteiger partial charge in [-0.2, -0.15) is 12.6 Å². The Bertz CT molecular complexity index is 300. The van der Waals surface area contributed by atoms with Crippen LogP contribution in [0.1, 0.15) is 19.3 Å². The van der Waals surface area contributed by atoms with Crippen LogP contribution in [-0.2, 0) is 9.47 Å². The Hall–Kier alpha value is 0.110. The highest BCUT2D eigenvalue weighted by Crippen LogP contribution is 2.53. The van der Waals surface area contributed by atoms with Crippen LogP contribution in [0.5, 0.6) is 0 Å². The average Bonchev–Trinajstić information content (AvgIpc) is 2.96. The summed E-state index contributed by atoms with van der Waals surface area (Å²) in [5, 5.41) is 38.8. The molecule has 1 saturated carbocycles. The van der Waals surface area contributed by atoms with E-state index in [1.165, 1.54) is 0 Å². The summed E-state index contributed by atoms with van der Waals surface area (Å²) in [6.45, 7) is 0.00515. The maximum absolute atomic E-state index is 10.0. The number of rotatable bonds is 7. The molecule has 7 heteroatoms. The second kappa shape index (κ2) is 6.26. The minimum atomic E-state index is -1.54. The Balaban J connectivity index is 1.82. The molecule has 19 heavy (non-hydrogen) atoms. The summed E-state index contributed by atoms with van der Waals surface area (Å²) in [7, 11) is 0. The van der Waals surface area contributed by atoms with Gasteiger partial charge >= 0.3 is 0 Å². The fraction of sp³-hybridized carbons (Fsp3) is 1.00. The van der Waals surface area contributed by atoms with Gasteiger partial charge in [-0.1, -0.05) is 6.42 Å². The lowest BCUT2D eigenvalue weighted by atomic mass is 10.0. The molecule has 4 N–H and O–H groups in total. The molecule has 2 aliphatic rings. The Morgan fingerprint density at radius 3 is 2.58 bits per heavy atom. The van der Waals surface area contributed by atoms with Crippen molar-refractivity contribution in [1.29, 1.82) is 0 Å². The van der Waals surface area contributed by atoms with Crippen LogP contribution in [0, 0.1) is 5.92 Å². The molecule has 1 saturated heterocycles. The van der Waals surface area contributed by atoms with Crippen LogP contribution in [0.3, 0.4) is 0 Å². The predicted octanol–water partition coefficient (Wildman–Crippen LogP) is -1.10. The molecule has 3 unspecified atom stereocenters. The maximum Gasteiger partial charge on any atom is 0.184 e. The van der Waals surface area contributed by atoms with E-state index in [-0.39, 0.29) is 0 Å². The lowest BCUT2D eigenvalue weighted by molar-refractivity contribution is -0.273. The van der Waals surface area contributed by atoms with Crippen molar-refractivity contribution in [2.24, 2.45) is 5.92 Å². The van der Waals surface area contributed by atoms with Gasteiger partial charge in [-0.3, -0.25) is 0 Å². The van der Waals surface area contributed by atoms with Gasteiger partial charge in [0.2, 0.25) is 0 Å². The number of ether oxygens (including phenoxy) is 2. The highest BCUT2D eigenvalue weighted by molar-refractivity contribution is 7.80. The van der Waals surface area contributed by atoms with Crippen molar-refractivity contribution >= 4 is 12.6 Å². The summed E-state index contributed by atoms with van der Waals surface area (Å²) in [5.41, 5.74) is -1.54. The van der Waals surface area contributed by atoms with Gasteiger partial charge in [0.15, 0.2) is 6.29 Å². The van der Waals surface area contributed by atoms with Gasteiger partial charge in [0.1, 0.15) is 17.8 Å². The van der Waals surface area contributed by atoms with E-state index < -0.39 is 42.7 Å². The molecule has 0 spiro atoms. The third-order valence-corrected chi connectivity index (χ3v) is 4.27. The van der Waals surface area contributed by atoms with Crippen LogP contribution in [-0.4, -0.2) is 69.6 Å². The molecule has 1 aliphatic carbocycles. The first-order valence-corrected chi connectivity index (χ1v) is 7.27. The molecule has 0 bridgehead atoms. The summed E-state index contributed by atoms with van der Waals surface area (Å²) in [4.78, 5) is 0. The molecule has 112 valence electrons. The van der Waals surface area contributed by atoms with E-state index in [2.05, 4.69) is 12.6 Å². The second-order valence-corrected chi connectivity index (χ2v) is 5.63. The number of unbranched alkanes of at least 4 members (excludes halogenated alkanes) is 2. The van der Waals surface area contributed by atoms with Crippen molar-refractivity contribution in [1.82, 2.24) is 0 Å². The summed E-state index contributed by atoms with van der Waals surface area (Å²) in [5.74, 6) is 0.122. The number of fused-ring (bicyclic) bond motifs is 1. The van der Waals surface area contributed by atoms with Gasteiger partial charge < -0.3 is 29.9 Å². The third-order valence-electron chi connectivity index (χ3n) is 3.95. The monoisotopic (exact) mass is 294 g/mol. The second-order valence-electron chi connectivity index (χ2n) is 5.18. The summed E-state index contributed by atoms with van der Waals surface area (Å²) in [6, 6.07) is 0. The van der Waals surface area contributed by atoms with Crippen LogP contribution in [0.2, 0.25) is 0 Å². The zero-order chi connectivity index (χ0) is 14.0. The molecule has 1 aliphatic heterocycles. The van der Waals surface area contributed by atoms with E-state index >= 15 is 0 Å². The molecule has 2 rings (SSSR count). The number of aliphatic hydroxyl groups excluding tert-OH is 3. The predicted molar refractivity (Wildman–Crippen MR) is 69.9 cm³/mol. The number of hydrogen-bond donors (Lipinski definition) is 5. The van der Waals surface area contributed by atoms with Crippen molar-refractivity contribution < 1.29 is 29.9 Å². The van der Waals surface area contributed by atoms with Gasteiger partial charge in [-0.25, -0.2) is 0 Å². The molecular weight excluding hydrogens is 272 g/mol. The summed E-state index contributed by atoms with van der Waals surface area (Å²) >= 11 is 4.11. The first-order valence-electron chi connectivity index (χ1n) is 6.64. The fourth-order valence-electron chi connectivity index (χ4n) is 2.71. The van der Waals surface area contributed by atoms with Crippen LogP contribution in [0.25, 0.3) is 0 Å². The molecule has 6 nitrogen and oxygen atoms in total. The van der Waals surface area contributed by atoms with Gasteiger partial charge in [0.25, 0.3) is 0 Å². The largest absolute Gasteiger partial charge is 0.394 e. The van der Waals surface area contributed by atoms with Gasteiger partial charge in [0.05, 0.1) is 18.6 Å². The lowest BCUT2D eigenvalue weighted by Gasteiger charge is -2.35. The summed E-state index contributed by atoms with van der Waals surface area (Å²) < 4.78 is 10.8. The quantitative estimate of drug-likeness (QED) is 0.302. The molecule has 6 atom stereocenters. The molecule has 1 heterocycles. The molecule has 0 aromatic rings. The van der Waals surface area contributed by atoms with Crippen molar-refractivity contribution in [3.8, 4) is 0 Å². The Kier molecular flexibility index (Phi) is 5.10. The Labute approximate surface area is 117 Å². The van der Waals surface area contributed by atoms with Crippen LogP contribution >= 0.6 is 12.6 Å². The Morgan fingerprint density at radius 2 is 1.95 bits per heavy atom. The van der Waals surface area contributed by atoms with E-state index in [1.54, 1.807) is 0 Å². The average molecular weight is 294 g/mol. The van der Waals surface area contributed by atoms with Gasteiger partial charge in [-0.15, -0.1) is 0 Å². The third kappa shape index (κ3) is 2.78. The highest BCUT2D eigenvalue weighted by atomic mass is 32.1. The molecular formula is C12H22O6S. The molecule has 0 aromatic carbocycles. The zero-order valence-corrected chi connectivity index (χ0v) is 11.6. The first-order chi connectivity index (χ1) is 9.07. The van der Waals surface area contributed by atoms with Crippen LogP contribution < -0.4 is 0 Å². The SMILES string of the molecule is OCC1O[C@@H](OCCCCCS)C(O)[C@H]2C(O)[C@]12O. The Morgan fingerprint density at radius 1 is 1.21 bits per heavy atom. The van der Waals surface area contributed by atoms with E-state index in [0.717, 1.165) is 25.0 Å². The summed E-state index contributed by atoms with van der Waals surface area (Å²) in [6.07, 6.45) is -1.17. The number of thiol groups is 1. The van der Waals surface area contributed by atoms with Crippen LogP contribution in [0.15, 0.2) is 0 Å². The van der Waals surface area contributed by atoms with Gasteiger partial charge in [0, 0.05) is 6.61 Å². The van der Waals surface area contributed by atoms with E-state index in [0.29, 0.717) is 6.61 Å². The molecule has 0 amide bonds. The number of aliphatic hydroxyl groups is 4. The molecule has 0 aromatic heterocycles. The minimum Gasteiger partial charge on any atom is -0.394 e. The highest BCUT2D eigenvalue weighted by Gasteiger charge is 2.75. The van der Waals surface area contributed by atoms with Crippen molar-refractivity contribution in [3.63, 3.8) is 0 Å². The minimum absolute atomic E-state index is 0.420. The van der Waals surface area contributed by atoms with Crippen molar-refractivity contribution in [3.05, 3.63) is 0 Å². The molecule has 0 radical (unpaired) electrons. The molecule has 2 fully saturated rings. The normalized spacial score (nSPS) is 45.0. The smallest absolute Gasteiger partial charge is 0.184 e. The van der Waals surface area contributed by atoms with E-state index in [1.807, 2.05) is 0 Å². The standard InChI is InChI=1S/C12H22O6S/c13-6-7-12(16)8(10(12)15)9(14)11(18-7)17-4-2-1-3-5-19/h7-11,13-16,19H,1-6H2/t7?,8-,9?,10?,11+,12-/m0/s1. The van der Waals surface area contributed by atoms with E-state index in [4.69, 9.17) is 9.47 Å². The van der Waals surface area contributed by atoms with E-state index in [9.17, 15) is 20.4 Å². The topological polar surface area (TPSA) is 99.4 Å². The number of hydrogen-bond acceptors (Lipinski definition) is 7. The maximum atomic E-state index is 10.0.